The van der Waals surface area contributed by atoms with Gasteiger partial charge in [0, 0.05) is 11.9 Å². The lowest BCUT2D eigenvalue weighted by atomic mass is 10.2. The molecule has 0 radical (unpaired) electrons. The maximum atomic E-state index is 12.3. The number of aromatic nitrogens is 2. The Morgan fingerprint density at radius 3 is 2.76 bits per heavy atom. The number of benzene rings is 2. The molecule has 4 rings (SSSR count). The summed E-state index contributed by atoms with van der Waals surface area (Å²) in [5, 5.41) is 16.3. The first kappa shape index (κ1) is 19.5. The highest BCUT2D eigenvalue weighted by Gasteiger charge is 2.15. The molecule has 2 aromatic heterocycles. The molecule has 0 bridgehead atoms. The van der Waals surface area contributed by atoms with Crippen LogP contribution in [0.4, 0.5) is 5.13 Å². The van der Waals surface area contributed by atoms with Crippen molar-refractivity contribution in [3.63, 3.8) is 0 Å². The maximum Gasteiger partial charge on any atom is 0.231 e. The van der Waals surface area contributed by atoms with Crippen LogP contribution in [0.5, 0.6) is 0 Å². The topological polar surface area (TPSA) is 80.0 Å². The Labute approximate surface area is 176 Å². The summed E-state index contributed by atoms with van der Waals surface area (Å²) in [6.07, 6.45) is 0. The zero-order chi connectivity index (χ0) is 20.1. The van der Waals surface area contributed by atoms with Gasteiger partial charge in [-0.05, 0) is 24.6 Å². The van der Waals surface area contributed by atoms with Crippen LogP contribution in [-0.4, -0.2) is 21.9 Å². The van der Waals surface area contributed by atoms with Crippen molar-refractivity contribution >= 4 is 45.1 Å². The van der Waals surface area contributed by atoms with Crippen LogP contribution in [0.25, 0.3) is 11.0 Å². The monoisotopic (exact) mass is 424 g/mol. The molecule has 0 aliphatic carbocycles. The first-order valence-corrected chi connectivity index (χ1v) is 11.0. The molecule has 2 heterocycles. The van der Waals surface area contributed by atoms with Crippen molar-refractivity contribution in [2.24, 2.45) is 0 Å². The molecule has 8 heteroatoms. The third-order valence-electron chi connectivity index (χ3n) is 4.27. The van der Waals surface area contributed by atoms with Gasteiger partial charge in [0.1, 0.15) is 11.3 Å². The molecule has 0 saturated heterocycles. The van der Waals surface area contributed by atoms with Gasteiger partial charge in [0.2, 0.25) is 11.0 Å². The third kappa shape index (κ3) is 5.16. The number of carbonyl (C=O) groups excluding carboxylic acids is 1. The number of carbonyl (C=O) groups is 1. The van der Waals surface area contributed by atoms with Gasteiger partial charge in [-0.15, -0.1) is 10.2 Å². The molecule has 6 nitrogen and oxygen atoms in total. The summed E-state index contributed by atoms with van der Waals surface area (Å²) in [6, 6.07) is 19.7. The van der Waals surface area contributed by atoms with Crippen LogP contribution in [0, 0.1) is 0 Å². The molecule has 2 N–H and O–H groups in total. The van der Waals surface area contributed by atoms with Crippen LogP contribution in [0.2, 0.25) is 0 Å². The van der Waals surface area contributed by atoms with E-state index < -0.39 is 0 Å². The first-order valence-electron chi connectivity index (χ1n) is 9.19. The molecular formula is C21H20N4O2S2. The molecule has 0 unspecified atom stereocenters. The Hall–Kier alpha value is -2.84. The molecule has 0 aliphatic rings. The van der Waals surface area contributed by atoms with Crippen molar-refractivity contribution in [1.82, 2.24) is 15.5 Å². The molecule has 1 atom stereocenters. The molecule has 2 aromatic carbocycles. The van der Waals surface area contributed by atoms with E-state index >= 15 is 0 Å². The number of fused-ring (bicyclic) bond motifs is 1. The summed E-state index contributed by atoms with van der Waals surface area (Å²) in [6.45, 7) is 2.60. The number of rotatable bonds is 8. The van der Waals surface area contributed by atoms with E-state index in [-0.39, 0.29) is 17.7 Å². The Balaban J connectivity index is 1.25. The second-order valence-electron chi connectivity index (χ2n) is 6.48. The predicted molar refractivity (Wildman–Crippen MR) is 117 cm³/mol. The quantitative estimate of drug-likeness (QED) is 0.393. The zero-order valence-corrected chi connectivity index (χ0v) is 17.4. The average molecular weight is 425 g/mol. The van der Waals surface area contributed by atoms with Gasteiger partial charge >= 0.3 is 0 Å². The third-order valence-corrected chi connectivity index (χ3v) is 6.28. The first-order chi connectivity index (χ1) is 14.2. The fourth-order valence-electron chi connectivity index (χ4n) is 2.81. The Kier molecular flexibility index (Phi) is 6.12. The van der Waals surface area contributed by atoms with E-state index in [4.69, 9.17) is 4.42 Å². The molecule has 0 aliphatic heterocycles. The standard InChI is InChI=1S/C21H20N4O2S2/c1-14(18-11-16-9-5-6-10-17(16)27-18)23-19(26)13-28-21-25-24-20(29-21)22-12-15-7-3-2-4-8-15/h2-11,14H,12-13H2,1H3,(H,22,24)(H,23,26)/t14-/m0/s1. The molecule has 0 spiro atoms. The maximum absolute atomic E-state index is 12.3. The van der Waals surface area contributed by atoms with Crippen LogP contribution in [0.15, 0.2) is 69.4 Å². The van der Waals surface area contributed by atoms with Crippen molar-refractivity contribution < 1.29 is 9.21 Å². The molecule has 29 heavy (non-hydrogen) atoms. The summed E-state index contributed by atoms with van der Waals surface area (Å²) >= 11 is 2.82. The molecule has 0 saturated carbocycles. The normalized spacial score (nSPS) is 12.0. The van der Waals surface area contributed by atoms with E-state index in [2.05, 4.69) is 33.0 Å². The van der Waals surface area contributed by atoms with Crippen molar-refractivity contribution in [2.45, 2.75) is 23.8 Å². The smallest absolute Gasteiger partial charge is 0.231 e. The fourth-order valence-corrected chi connectivity index (χ4v) is 4.37. The number of hydrogen-bond donors (Lipinski definition) is 2. The Morgan fingerprint density at radius 2 is 1.93 bits per heavy atom. The largest absolute Gasteiger partial charge is 0.459 e. The summed E-state index contributed by atoms with van der Waals surface area (Å²) < 4.78 is 6.57. The number of hydrogen-bond acceptors (Lipinski definition) is 7. The Morgan fingerprint density at radius 1 is 1.14 bits per heavy atom. The number of nitrogens with zero attached hydrogens (tertiary/aromatic N) is 2. The number of nitrogens with one attached hydrogen (secondary N) is 2. The Bertz CT molecular complexity index is 1060. The minimum absolute atomic E-state index is 0.0723. The lowest BCUT2D eigenvalue weighted by molar-refractivity contribution is -0.119. The van der Waals surface area contributed by atoms with Crippen LogP contribution >= 0.6 is 23.1 Å². The predicted octanol–water partition coefficient (Wildman–Crippen LogP) is 4.87. The van der Waals surface area contributed by atoms with Crippen LogP contribution in [-0.2, 0) is 11.3 Å². The van der Waals surface area contributed by atoms with E-state index in [1.54, 1.807) is 0 Å². The number of thioether (sulfide) groups is 1. The van der Waals surface area contributed by atoms with Crippen molar-refractivity contribution in [3.8, 4) is 0 Å². The number of furan rings is 1. The van der Waals surface area contributed by atoms with Crippen molar-refractivity contribution in [3.05, 3.63) is 72.0 Å². The number of para-hydroxylation sites is 1. The van der Waals surface area contributed by atoms with Gasteiger partial charge in [-0.2, -0.15) is 0 Å². The highest BCUT2D eigenvalue weighted by Crippen LogP contribution is 2.26. The molecular weight excluding hydrogens is 404 g/mol. The number of amides is 1. The fraction of sp³-hybridized carbons (Fsp3) is 0.190. The van der Waals surface area contributed by atoms with Gasteiger partial charge in [-0.25, -0.2) is 0 Å². The number of anilines is 1. The lowest BCUT2D eigenvalue weighted by Crippen LogP contribution is -2.27. The van der Waals surface area contributed by atoms with E-state index in [9.17, 15) is 4.79 Å². The minimum atomic E-state index is -0.201. The lowest BCUT2D eigenvalue weighted by Gasteiger charge is -2.10. The van der Waals surface area contributed by atoms with Crippen LogP contribution in [0.1, 0.15) is 24.3 Å². The van der Waals surface area contributed by atoms with E-state index in [1.807, 2.05) is 55.5 Å². The van der Waals surface area contributed by atoms with Crippen LogP contribution in [0.3, 0.4) is 0 Å². The molecule has 148 valence electrons. The zero-order valence-electron chi connectivity index (χ0n) is 15.8. The second kappa shape index (κ2) is 9.11. The average Bonchev–Trinajstić information content (AvgIpc) is 3.38. The van der Waals surface area contributed by atoms with Gasteiger partial charge in [-0.1, -0.05) is 71.6 Å². The van der Waals surface area contributed by atoms with Crippen molar-refractivity contribution in [2.75, 3.05) is 11.1 Å². The van der Waals surface area contributed by atoms with Gasteiger partial charge in [-0.3, -0.25) is 4.79 Å². The van der Waals surface area contributed by atoms with E-state index in [0.29, 0.717) is 6.54 Å². The molecule has 0 fully saturated rings. The molecule has 1 amide bonds. The van der Waals surface area contributed by atoms with E-state index in [0.717, 1.165) is 26.2 Å². The summed E-state index contributed by atoms with van der Waals surface area (Å²) in [5.74, 6) is 0.947. The van der Waals surface area contributed by atoms with Gasteiger partial charge in [0.05, 0.1) is 11.8 Å². The second-order valence-corrected chi connectivity index (χ2v) is 8.68. The van der Waals surface area contributed by atoms with E-state index in [1.165, 1.54) is 28.7 Å². The highest BCUT2D eigenvalue weighted by molar-refractivity contribution is 8.01. The SMILES string of the molecule is C[C@H](NC(=O)CSc1nnc(NCc2ccccc2)s1)c1cc2ccccc2o1. The van der Waals surface area contributed by atoms with Gasteiger partial charge in [0.25, 0.3) is 0 Å². The minimum Gasteiger partial charge on any atom is -0.459 e. The van der Waals surface area contributed by atoms with Gasteiger partial charge in [0.15, 0.2) is 4.34 Å². The van der Waals surface area contributed by atoms with Gasteiger partial charge < -0.3 is 15.1 Å². The summed E-state index contributed by atoms with van der Waals surface area (Å²) in [7, 11) is 0. The summed E-state index contributed by atoms with van der Waals surface area (Å²) in [5.41, 5.74) is 2.00. The highest BCUT2D eigenvalue weighted by atomic mass is 32.2. The molecule has 4 aromatic rings. The van der Waals surface area contributed by atoms with Crippen molar-refractivity contribution in [1.29, 1.82) is 0 Å². The summed E-state index contributed by atoms with van der Waals surface area (Å²) in [4.78, 5) is 12.3. The van der Waals surface area contributed by atoms with Crippen LogP contribution < -0.4 is 10.6 Å².